The summed E-state index contributed by atoms with van der Waals surface area (Å²) in [6.07, 6.45) is 2.85. The Kier molecular flexibility index (Phi) is 8.35. The van der Waals surface area contributed by atoms with Crippen LogP contribution in [0.1, 0.15) is 52.8 Å². The third-order valence-corrected chi connectivity index (χ3v) is 7.62. The molecule has 39 heavy (non-hydrogen) atoms. The molecule has 4 rings (SSSR count). The zero-order chi connectivity index (χ0) is 28.4. The van der Waals surface area contributed by atoms with Gasteiger partial charge in [0.05, 0.1) is 31.5 Å². The van der Waals surface area contributed by atoms with E-state index in [1.54, 1.807) is 18.9 Å². The molecule has 0 N–H and O–H groups in total. The van der Waals surface area contributed by atoms with Crippen molar-refractivity contribution in [2.45, 2.75) is 64.2 Å². The Labute approximate surface area is 234 Å². The van der Waals surface area contributed by atoms with Crippen LogP contribution >= 0.6 is 11.8 Å². The molecule has 2 heterocycles. The molecule has 2 aromatic heterocycles. The van der Waals surface area contributed by atoms with Gasteiger partial charge in [-0.3, -0.25) is 4.79 Å². The highest BCUT2D eigenvalue weighted by atomic mass is 32.2. The minimum atomic E-state index is -0.719. The van der Waals surface area contributed by atoms with E-state index in [1.807, 2.05) is 51.1 Å². The molecule has 0 aliphatic carbocycles. The van der Waals surface area contributed by atoms with E-state index in [0.29, 0.717) is 25.4 Å². The second-order valence-electron chi connectivity index (χ2n) is 11.2. The second kappa shape index (κ2) is 11.4. The monoisotopic (exact) mass is 549 g/mol. The van der Waals surface area contributed by atoms with Crippen molar-refractivity contribution in [2.75, 3.05) is 13.7 Å². The van der Waals surface area contributed by atoms with Gasteiger partial charge in [0.15, 0.2) is 11.6 Å². The number of benzene rings is 2. The lowest BCUT2D eigenvalue weighted by Crippen LogP contribution is -2.30. The van der Waals surface area contributed by atoms with Gasteiger partial charge in [0.1, 0.15) is 5.75 Å². The highest BCUT2D eigenvalue weighted by Gasteiger charge is 2.34. The van der Waals surface area contributed by atoms with Gasteiger partial charge in [-0.15, -0.1) is 11.8 Å². The molecule has 8 heteroatoms. The van der Waals surface area contributed by atoms with Crippen molar-refractivity contribution in [3.8, 4) is 17.1 Å². The summed E-state index contributed by atoms with van der Waals surface area (Å²) in [5.74, 6) is 0.584. The van der Waals surface area contributed by atoms with Gasteiger partial charge in [0, 0.05) is 44.8 Å². The lowest BCUT2D eigenvalue weighted by atomic mass is 9.87. The minimum Gasteiger partial charge on any atom is -0.497 e. The van der Waals surface area contributed by atoms with Gasteiger partial charge in [-0.2, -0.15) is 0 Å². The van der Waals surface area contributed by atoms with Crippen LogP contribution in [0.3, 0.4) is 0 Å². The summed E-state index contributed by atoms with van der Waals surface area (Å²) in [5.41, 5.74) is 3.33. The van der Waals surface area contributed by atoms with Crippen LogP contribution < -0.4 is 4.74 Å². The Morgan fingerprint density at radius 3 is 2.28 bits per heavy atom. The van der Waals surface area contributed by atoms with E-state index >= 15 is 0 Å². The molecule has 0 saturated heterocycles. The van der Waals surface area contributed by atoms with Crippen molar-refractivity contribution >= 4 is 28.6 Å². The molecule has 0 aliphatic heterocycles. The van der Waals surface area contributed by atoms with Crippen LogP contribution in [0.25, 0.3) is 22.3 Å². The molecular weight excluding hydrogens is 513 g/mol. The number of hydrogen-bond acceptors (Lipinski definition) is 6. The van der Waals surface area contributed by atoms with Crippen LogP contribution in [-0.4, -0.2) is 39.0 Å². The number of rotatable bonds is 9. The van der Waals surface area contributed by atoms with Gasteiger partial charge >= 0.3 is 5.97 Å². The van der Waals surface area contributed by atoms with Crippen LogP contribution in [0.2, 0.25) is 0 Å². The third kappa shape index (κ3) is 6.61. The zero-order valence-electron chi connectivity index (χ0n) is 23.7. The smallest absolute Gasteiger partial charge is 0.311 e. The molecule has 0 radical (unpaired) electrons. The van der Waals surface area contributed by atoms with E-state index in [0.717, 1.165) is 38.4 Å². The van der Waals surface area contributed by atoms with E-state index in [-0.39, 0.29) is 10.7 Å². The number of methoxy groups -OCH3 is 1. The molecule has 0 spiro atoms. The van der Waals surface area contributed by atoms with Crippen LogP contribution in [0.5, 0.6) is 5.75 Å². The number of aromatic nitrogens is 3. The fourth-order valence-electron chi connectivity index (χ4n) is 4.48. The Balaban J connectivity index is 1.83. The van der Waals surface area contributed by atoms with E-state index in [9.17, 15) is 9.18 Å². The molecule has 0 bridgehead atoms. The number of halogens is 1. The first-order valence-corrected chi connectivity index (χ1v) is 13.9. The molecule has 0 amide bonds. The summed E-state index contributed by atoms with van der Waals surface area (Å²) in [5, 5.41) is 1.10. The summed E-state index contributed by atoms with van der Waals surface area (Å²) in [4.78, 5) is 22.3. The molecule has 0 unspecified atom stereocenters. The third-order valence-electron chi connectivity index (χ3n) is 6.35. The molecule has 2 aromatic carbocycles. The summed E-state index contributed by atoms with van der Waals surface area (Å²) < 4.78 is 26.5. The highest BCUT2D eigenvalue weighted by molar-refractivity contribution is 8.00. The molecule has 0 fully saturated rings. The normalized spacial score (nSPS) is 12.1. The first-order valence-electron chi connectivity index (χ1n) is 13.0. The predicted octanol–water partition coefficient (Wildman–Crippen LogP) is 7.32. The fraction of sp³-hybridized carbons (Fsp3) is 0.387. The number of thioether (sulfide) groups is 1. The summed E-state index contributed by atoms with van der Waals surface area (Å²) in [6, 6.07) is 14.1. The average molecular weight is 550 g/mol. The summed E-state index contributed by atoms with van der Waals surface area (Å²) in [6.45, 7) is 13.2. The van der Waals surface area contributed by atoms with Gasteiger partial charge in [-0.1, -0.05) is 45.0 Å². The van der Waals surface area contributed by atoms with Gasteiger partial charge in [-0.25, -0.2) is 14.4 Å². The summed E-state index contributed by atoms with van der Waals surface area (Å²) in [7, 11) is 1.67. The van der Waals surface area contributed by atoms with Crippen LogP contribution in [0.4, 0.5) is 4.39 Å². The van der Waals surface area contributed by atoms with E-state index in [1.165, 1.54) is 12.4 Å². The predicted molar refractivity (Wildman–Crippen MR) is 155 cm³/mol. The van der Waals surface area contributed by atoms with Gasteiger partial charge < -0.3 is 14.0 Å². The zero-order valence-corrected chi connectivity index (χ0v) is 24.5. The number of ether oxygens (including phenoxy) is 2. The number of carbonyl (C=O) groups is 1. The number of esters is 1. The van der Waals surface area contributed by atoms with Crippen molar-refractivity contribution in [3.05, 3.63) is 71.9 Å². The van der Waals surface area contributed by atoms with Crippen LogP contribution in [0.15, 0.2) is 59.8 Å². The quantitative estimate of drug-likeness (QED) is 0.161. The van der Waals surface area contributed by atoms with Crippen LogP contribution in [0, 0.1) is 11.2 Å². The molecule has 0 saturated carbocycles. The minimum absolute atomic E-state index is 0.0538. The van der Waals surface area contributed by atoms with Crippen molar-refractivity contribution in [1.29, 1.82) is 0 Å². The topological polar surface area (TPSA) is 66.2 Å². The van der Waals surface area contributed by atoms with Crippen LogP contribution in [-0.2, 0) is 22.5 Å². The van der Waals surface area contributed by atoms with Crippen molar-refractivity contribution in [1.82, 2.24) is 14.5 Å². The standard InChI is InChI=1S/C31H36FN3O3S/c1-8-38-29(36)31(5,6)16-26-27(39-30(2,3)4)24-15-23(37-7)13-14-25(24)35(26)19-20-9-11-21(12-10-20)28-33-17-22(32)18-34-28/h9-15,17-18H,8,16,19H2,1-7H3. The molecule has 4 aromatic rings. The molecular formula is C31H36FN3O3S. The second-order valence-corrected chi connectivity index (χ2v) is 13.0. The highest BCUT2D eigenvalue weighted by Crippen LogP contribution is 2.44. The number of hydrogen-bond donors (Lipinski definition) is 0. The maximum Gasteiger partial charge on any atom is 0.311 e. The van der Waals surface area contributed by atoms with Crippen molar-refractivity contribution in [3.63, 3.8) is 0 Å². The average Bonchev–Trinajstić information content (AvgIpc) is 3.14. The summed E-state index contributed by atoms with van der Waals surface area (Å²) >= 11 is 1.80. The molecule has 6 nitrogen and oxygen atoms in total. The van der Waals surface area contributed by atoms with Gasteiger partial charge in [0.2, 0.25) is 0 Å². The molecule has 0 aliphatic rings. The van der Waals surface area contributed by atoms with Gasteiger partial charge in [0.25, 0.3) is 0 Å². The Bertz CT molecular complexity index is 1460. The number of nitrogens with zero attached hydrogens (tertiary/aromatic N) is 3. The lowest BCUT2D eigenvalue weighted by Gasteiger charge is -2.26. The van der Waals surface area contributed by atoms with Crippen molar-refractivity contribution < 1.29 is 18.7 Å². The molecule has 0 atom stereocenters. The maximum absolute atomic E-state index is 13.3. The fourth-order valence-corrected chi connectivity index (χ4v) is 5.67. The van der Waals surface area contributed by atoms with E-state index in [2.05, 4.69) is 47.4 Å². The number of carbonyl (C=O) groups excluding carboxylic acids is 1. The Morgan fingerprint density at radius 2 is 1.69 bits per heavy atom. The SMILES string of the molecule is CCOC(=O)C(C)(C)Cc1c(SC(C)(C)C)c2cc(OC)ccc2n1Cc1ccc(-c2ncc(F)cn2)cc1. The van der Waals surface area contributed by atoms with E-state index in [4.69, 9.17) is 9.47 Å². The Morgan fingerprint density at radius 1 is 1.03 bits per heavy atom. The molecule has 206 valence electrons. The first kappa shape index (κ1) is 28.6. The largest absolute Gasteiger partial charge is 0.497 e. The van der Waals surface area contributed by atoms with Crippen molar-refractivity contribution in [2.24, 2.45) is 5.41 Å². The van der Waals surface area contributed by atoms with E-state index < -0.39 is 11.2 Å². The number of fused-ring (bicyclic) bond motifs is 1. The van der Waals surface area contributed by atoms with Gasteiger partial charge in [-0.05, 0) is 44.5 Å². The first-order chi connectivity index (χ1) is 18.4. The maximum atomic E-state index is 13.3. The Hall–Kier alpha value is -3.39. The lowest BCUT2D eigenvalue weighted by molar-refractivity contribution is -0.153.